The first-order valence-corrected chi connectivity index (χ1v) is 8.76. The summed E-state index contributed by atoms with van der Waals surface area (Å²) in [6.45, 7) is 4.27. The highest BCUT2D eigenvalue weighted by Crippen LogP contribution is 2.68. The second-order valence-corrected chi connectivity index (χ2v) is 7.75. The highest BCUT2D eigenvalue weighted by atomic mass is 32.5. The molecule has 4 nitrogen and oxygen atoms in total. The molecule has 0 aromatic heterocycles. The number of rotatable bonds is 7. The summed E-state index contributed by atoms with van der Waals surface area (Å²) >= 11 is 5.54. The first kappa shape index (κ1) is 15.1. The summed E-state index contributed by atoms with van der Waals surface area (Å²) in [5.74, 6) is -0.239. The molecule has 0 N–H and O–H groups in total. The van der Waals surface area contributed by atoms with E-state index in [4.69, 9.17) is 25.6 Å². The van der Waals surface area contributed by atoms with Crippen molar-refractivity contribution < 1.29 is 18.6 Å². The van der Waals surface area contributed by atoms with Gasteiger partial charge in [-0.2, -0.15) is 0 Å². The Morgan fingerprint density at radius 3 is 2.00 bits per heavy atom. The molecule has 17 heavy (non-hydrogen) atoms. The van der Waals surface area contributed by atoms with E-state index in [1.165, 1.54) is 0 Å². The molecule has 1 fully saturated rings. The third-order valence-corrected chi connectivity index (χ3v) is 7.51. The van der Waals surface area contributed by atoms with Gasteiger partial charge in [-0.25, -0.2) is 0 Å². The van der Waals surface area contributed by atoms with Gasteiger partial charge < -0.3 is 13.8 Å². The lowest BCUT2D eigenvalue weighted by atomic mass is 9.84. The summed E-state index contributed by atoms with van der Waals surface area (Å²) in [7, 11) is 0. The fourth-order valence-electron chi connectivity index (χ4n) is 1.99. The van der Waals surface area contributed by atoms with Crippen molar-refractivity contribution in [2.75, 3.05) is 19.8 Å². The van der Waals surface area contributed by atoms with Gasteiger partial charge in [0, 0.05) is 0 Å². The molecule has 0 aromatic carbocycles. The molecule has 0 atom stereocenters. The number of carbonyl (C=O) groups excluding carboxylic acids is 1. The minimum atomic E-state index is -2.58. The second-order valence-electron chi connectivity index (χ2n) is 3.94. The lowest BCUT2D eigenvalue weighted by Crippen LogP contribution is -2.47. The third kappa shape index (κ3) is 2.73. The molecule has 1 saturated carbocycles. The number of hydrogen-bond donors (Lipinski definition) is 0. The van der Waals surface area contributed by atoms with Gasteiger partial charge in [0.1, 0.15) is 5.16 Å². The van der Waals surface area contributed by atoms with Gasteiger partial charge in [0.05, 0.1) is 19.8 Å². The van der Waals surface area contributed by atoms with E-state index in [0.717, 1.165) is 19.3 Å². The zero-order chi connectivity index (χ0) is 12.9. The van der Waals surface area contributed by atoms with Crippen molar-refractivity contribution in [3.05, 3.63) is 0 Å². The Morgan fingerprint density at radius 1 is 1.18 bits per heavy atom. The zero-order valence-electron chi connectivity index (χ0n) is 10.7. The van der Waals surface area contributed by atoms with Gasteiger partial charge in [-0.3, -0.25) is 4.79 Å². The van der Waals surface area contributed by atoms with E-state index < -0.39 is 11.6 Å². The molecule has 0 amide bonds. The Kier molecular flexibility index (Phi) is 5.58. The van der Waals surface area contributed by atoms with E-state index in [-0.39, 0.29) is 5.97 Å². The maximum atomic E-state index is 12.1. The molecule has 100 valence electrons. The van der Waals surface area contributed by atoms with Crippen LogP contribution in [0.15, 0.2) is 0 Å². The van der Waals surface area contributed by atoms with Gasteiger partial charge in [-0.05, 0) is 45.4 Å². The lowest BCUT2D eigenvalue weighted by molar-refractivity contribution is -0.149. The molecule has 0 spiro atoms. The van der Waals surface area contributed by atoms with Crippen LogP contribution in [-0.4, -0.2) is 30.9 Å². The molecule has 0 unspecified atom stereocenters. The highest BCUT2D eigenvalue weighted by Gasteiger charge is 2.58. The van der Waals surface area contributed by atoms with E-state index in [1.54, 1.807) is 6.92 Å². The van der Waals surface area contributed by atoms with Crippen LogP contribution in [0.5, 0.6) is 0 Å². The first-order valence-electron chi connectivity index (χ1n) is 6.12. The van der Waals surface area contributed by atoms with E-state index in [2.05, 4.69) is 0 Å². The van der Waals surface area contributed by atoms with E-state index >= 15 is 0 Å². The summed E-state index contributed by atoms with van der Waals surface area (Å²) in [5, 5.41) is -0.690. The Hall–Kier alpha value is 0.0400. The number of ether oxygens (including phenoxy) is 1. The fourth-order valence-corrected chi connectivity index (χ4v) is 5.80. The van der Waals surface area contributed by atoms with Crippen LogP contribution in [0.3, 0.4) is 0 Å². The SMILES string of the molecule is CCOC(=O)C1(P(=S)(OCC)OCC)CCC1. The summed E-state index contributed by atoms with van der Waals surface area (Å²) in [5.41, 5.74) is 0. The van der Waals surface area contributed by atoms with Gasteiger partial charge >= 0.3 is 5.97 Å². The standard InChI is InChI=1S/C11H21O4PS/c1-4-13-10(12)11(8-7-9-11)16(17,14-5-2)15-6-3/h4-9H2,1-3H3. The van der Waals surface area contributed by atoms with Gasteiger partial charge in [-0.1, -0.05) is 6.42 Å². The number of hydrogen-bond acceptors (Lipinski definition) is 5. The highest BCUT2D eigenvalue weighted by molar-refractivity contribution is 8.11. The fraction of sp³-hybridized carbons (Fsp3) is 0.909. The van der Waals surface area contributed by atoms with Crippen LogP contribution in [-0.2, 0) is 30.4 Å². The molecular formula is C11H21O4PS. The van der Waals surface area contributed by atoms with E-state index in [0.29, 0.717) is 19.8 Å². The van der Waals surface area contributed by atoms with Crippen molar-refractivity contribution in [2.24, 2.45) is 0 Å². The van der Waals surface area contributed by atoms with Crippen LogP contribution in [0.4, 0.5) is 0 Å². The van der Waals surface area contributed by atoms with E-state index in [1.807, 2.05) is 13.8 Å². The molecule has 0 saturated heterocycles. The molecule has 0 aliphatic heterocycles. The maximum absolute atomic E-state index is 12.1. The van der Waals surface area contributed by atoms with Crippen molar-refractivity contribution in [1.82, 2.24) is 0 Å². The molecule has 0 heterocycles. The topological polar surface area (TPSA) is 44.8 Å². The number of esters is 1. The Balaban J connectivity index is 2.95. The molecule has 0 radical (unpaired) electrons. The van der Waals surface area contributed by atoms with Crippen LogP contribution >= 0.6 is 6.49 Å². The zero-order valence-corrected chi connectivity index (χ0v) is 12.4. The molecule has 1 rings (SSSR count). The van der Waals surface area contributed by atoms with Crippen molar-refractivity contribution in [3.63, 3.8) is 0 Å². The molecule has 6 heteroatoms. The van der Waals surface area contributed by atoms with Crippen molar-refractivity contribution in [3.8, 4) is 0 Å². The second kappa shape index (κ2) is 6.28. The molecule has 0 aromatic rings. The van der Waals surface area contributed by atoms with Crippen LogP contribution in [0.2, 0.25) is 0 Å². The molecule has 1 aliphatic rings. The van der Waals surface area contributed by atoms with Crippen molar-refractivity contribution in [2.45, 2.75) is 45.2 Å². The van der Waals surface area contributed by atoms with Gasteiger partial charge in [-0.15, -0.1) is 0 Å². The maximum Gasteiger partial charge on any atom is 0.321 e. The average Bonchev–Trinajstić information content (AvgIpc) is 2.16. The molecule has 1 aliphatic carbocycles. The third-order valence-electron chi connectivity index (χ3n) is 2.96. The summed E-state index contributed by atoms with van der Waals surface area (Å²) in [6.07, 6.45) is 2.43. The summed E-state index contributed by atoms with van der Waals surface area (Å²) in [6, 6.07) is 0. The largest absolute Gasteiger partial charge is 0.465 e. The molecular weight excluding hydrogens is 259 g/mol. The average molecular weight is 280 g/mol. The normalized spacial score (nSPS) is 18.5. The first-order chi connectivity index (χ1) is 8.06. The van der Waals surface area contributed by atoms with Crippen LogP contribution in [0.1, 0.15) is 40.0 Å². The Labute approximate surface area is 108 Å². The van der Waals surface area contributed by atoms with Gasteiger partial charge in [0.15, 0.2) is 0 Å². The Bertz CT molecular complexity index is 305. The summed E-state index contributed by atoms with van der Waals surface area (Å²) in [4.78, 5) is 12.1. The monoisotopic (exact) mass is 280 g/mol. The Morgan fingerprint density at radius 2 is 1.71 bits per heavy atom. The minimum absolute atomic E-state index is 0.239. The van der Waals surface area contributed by atoms with Crippen molar-refractivity contribution >= 4 is 24.3 Å². The quantitative estimate of drug-likeness (QED) is 0.530. The molecule has 0 bridgehead atoms. The predicted molar refractivity (Wildman–Crippen MR) is 70.8 cm³/mol. The van der Waals surface area contributed by atoms with Gasteiger partial charge in [0.25, 0.3) is 0 Å². The van der Waals surface area contributed by atoms with Crippen molar-refractivity contribution in [1.29, 1.82) is 0 Å². The predicted octanol–water partition coefficient (Wildman–Crippen LogP) is 2.85. The number of carbonyl (C=O) groups is 1. The van der Waals surface area contributed by atoms with Crippen LogP contribution in [0, 0.1) is 0 Å². The minimum Gasteiger partial charge on any atom is -0.465 e. The van der Waals surface area contributed by atoms with Crippen LogP contribution < -0.4 is 0 Å². The van der Waals surface area contributed by atoms with Gasteiger partial charge in [0.2, 0.25) is 6.49 Å². The summed E-state index contributed by atoms with van der Waals surface area (Å²) < 4.78 is 16.4. The van der Waals surface area contributed by atoms with Crippen LogP contribution in [0.25, 0.3) is 0 Å². The van der Waals surface area contributed by atoms with E-state index in [9.17, 15) is 4.79 Å². The smallest absolute Gasteiger partial charge is 0.321 e. The lowest BCUT2D eigenvalue weighted by Gasteiger charge is -2.45.